The maximum Gasteiger partial charge on any atom is 0.228 e. The van der Waals surface area contributed by atoms with Crippen LogP contribution in [0.3, 0.4) is 0 Å². The van der Waals surface area contributed by atoms with E-state index in [-0.39, 0.29) is 0 Å². The third-order valence-corrected chi connectivity index (χ3v) is 4.55. The predicted molar refractivity (Wildman–Crippen MR) is 97.2 cm³/mol. The summed E-state index contributed by atoms with van der Waals surface area (Å²) >= 11 is 0. The van der Waals surface area contributed by atoms with Gasteiger partial charge in [-0.05, 0) is 6.42 Å². The first kappa shape index (κ1) is 17.1. The van der Waals surface area contributed by atoms with Gasteiger partial charge in [0.1, 0.15) is 11.5 Å². The molecule has 0 radical (unpaired) electrons. The zero-order valence-electron chi connectivity index (χ0n) is 15.1. The summed E-state index contributed by atoms with van der Waals surface area (Å²) in [5.74, 6) is 2.84. The second kappa shape index (κ2) is 7.46. The van der Waals surface area contributed by atoms with Gasteiger partial charge >= 0.3 is 0 Å². The van der Waals surface area contributed by atoms with Gasteiger partial charge in [0.25, 0.3) is 0 Å². The number of nitrogens with zero attached hydrogens (tertiary/aromatic N) is 4. The topological polar surface area (TPSA) is 60.0 Å². The number of hydrogen-bond donors (Lipinski definition) is 0. The predicted octanol–water partition coefficient (Wildman–Crippen LogP) is 2.22. The Bertz CT molecular complexity index is 703. The van der Waals surface area contributed by atoms with E-state index in [2.05, 4.69) is 19.8 Å². The number of anilines is 2. The number of benzene rings is 1. The SMILES string of the molecule is COc1cc(OC)cc(N2CCC(N(C)c3nccc(OC)n3)C2)c1. The van der Waals surface area contributed by atoms with E-state index in [9.17, 15) is 0 Å². The summed E-state index contributed by atoms with van der Waals surface area (Å²) in [6.07, 6.45) is 2.74. The molecule has 1 aromatic heterocycles. The van der Waals surface area contributed by atoms with Crippen LogP contribution < -0.4 is 24.0 Å². The van der Waals surface area contributed by atoms with Gasteiger partial charge in [0.15, 0.2) is 0 Å². The monoisotopic (exact) mass is 344 g/mol. The molecule has 1 fully saturated rings. The van der Waals surface area contributed by atoms with Crippen LogP contribution in [0.4, 0.5) is 11.6 Å². The molecule has 1 unspecified atom stereocenters. The molecule has 2 heterocycles. The van der Waals surface area contributed by atoms with E-state index < -0.39 is 0 Å². The van der Waals surface area contributed by atoms with Crippen molar-refractivity contribution < 1.29 is 14.2 Å². The Morgan fingerprint density at radius 2 is 1.80 bits per heavy atom. The summed E-state index contributed by atoms with van der Waals surface area (Å²) in [7, 11) is 6.97. The van der Waals surface area contributed by atoms with Crippen molar-refractivity contribution in [2.24, 2.45) is 0 Å². The number of ether oxygens (including phenoxy) is 3. The van der Waals surface area contributed by atoms with Crippen molar-refractivity contribution in [1.29, 1.82) is 0 Å². The third kappa shape index (κ3) is 3.70. The molecule has 0 bridgehead atoms. The first-order valence-corrected chi connectivity index (χ1v) is 8.22. The largest absolute Gasteiger partial charge is 0.497 e. The van der Waals surface area contributed by atoms with Crippen LogP contribution in [-0.4, -0.2) is 57.5 Å². The average Bonchev–Trinajstić information content (AvgIpc) is 3.17. The van der Waals surface area contributed by atoms with Gasteiger partial charge in [0.2, 0.25) is 11.8 Å². The lowest BCUT2D eigenvalue weighted by Crippen LogP contribution is -2.35. The first-order chi connectivity index (χ1) is 12.1. The summed E-state index contributed by atoms with van der Waals surface area (Å²) in [6.45, 7) is 1.84. The molecule has 0 aliphatic carbocycles. The van der Waals surface area contributed by atoms with Crippen LogP contribution in [0.25, 0.3) is 0 Å². The number of hydrogen-bond acceptors (Lipinski definition) is 7. The molecule has 0 spiro atoms. The maximum absolute atomic E-state index is 5.38. The van der Waals surface area contributed by atoms with Crippen molar-refractivity contribution in [2.75, 3.05) is 51.3 Å². The lowest BCUT2D eigenvalue weighted by molar-refractivity contribution is 0.394. The molecule has 1 aliphatic heterocycles. The highest BCUT2D eigenvalue weighted by Gasteiger charge is 2.28. The van der Waals surface area contributed by atoms with Crippen molar-refractivity contribution in [3.05, 3.63) is 30.5 Å². The molecule has 0 N–H and O–H groups in total. The zero-order chi connectivity index (χ0) is 17.8. The van der Waals surface area contributed by atoms with Crippen LogP contribution in [-0.2, 0) is 0 Å². The van der Waals surface area contributed by atoms with Gasteiger partial charge in [-0.3, -0.25) is 0 Å². The van der Waals surface area contributed by atoms with Crippen LogP contribution >= 0.6 is 0 Å². The fraction of sp³-hybridized carbons (Fsp3) is 0.444. The summed E-state index contributed by atoms with van der Waals surface area (Å²) in [5.41, 5.74) is 1.10. The van der Waals surface area contributed by atoms with Crippen molar-refractivity contribution in [3.63, 3.8) is 0 Å². The Labute approximate surface area is 148 Å². The van der Waals surface area contributed by atoms with Gasteiger partial charge in [-0.2, -0.15) is 4.98 Å². The number of methoxy groups -OCH3 is 3. The summed E-state index contributed by atoms with van der Waals surface area (Å²) < 4.78 is 15.9. The van der Waals surface area contributed by atoms with E-state index in [1.165, 1.54) is 0 Å². The van der Waals surface area contributed by atoms with Crippen molar-refractivity contribution in [1.82, 2.24) is 9.97 Å². The second-order valence-electron chi connectivity index (χ2n) is 5.97. The smallest absolute Gasteiger partial charge is 0.228 e. The Balaban J connectivity index is 1.75. The van der Waals surface area contributed by atoms with Gasteiger partial charge in [0, 0.05) is 56.3 Å². The van der Waals surface area contributed by atoms with E-state index in [1.54, 1.807) is 33.6 Å². The minimum absolute atomic E-state index is 0.323. The quantitative estimate of drug-likeness (QED) is 0.796. The highest BCUT2D eigenvalue weighted by Crippen LogP contribution is 2.31. The number of rotatable bonds is 6. The second-order valence-corrected chi connectivity index (χ2v) is 5.97. The molecule has 25 heavy (non-hydrogen) atoms. The molecular weight excluding hydrogens is 320 g/mol. The molecule has 0 saturated carbocycles. The van der Waals surface area contributed by atoms with E-state index >= 15 is 0 Å². The average molecular weight is 344 g/mol. The molecule has 0 amide bonds. The highest BCUT2D eigenvalue weighted by molar-refractivity contribution is 5.57. The van der Waals surface area contributed by atoms with Crippen LogP contribution in [0, 0.1) is 0 Å². The fourth-order valence-electron chi connectivity index (χ4n) is 3.05. The molecule has 1 atom stereocenters. The summed E-state index contributed by atoms with van der Waals surface area (Å²) in [5, 5.41) is 0. The lowest BCUT2D eigenvalue weighted by Gasteiger charge is -2.26. The number of likely N-dealkylation sites (N-methyl/N-ethyl adjacent to an activating group) is 1. The molecule has 134 valence electrons. The van der Waals surface area contributed by atoms with E-state index in [0.717, 1.165) is 36.7 Å². The van der Waals surface area contributed by atoms with Crippen LogP contribution in [0.15, 0.2) is 30.5 Å². The molecule has 7 heteroatoms. The summed E-state index contributed by atoms with van der Waals surface area (Å²) in [4.78, 5) is 13.2. The van der Waals surface area contributed by atoms with Crippen molar-refractivity contribution in [2.45, 2.75) is 12.5 Å². The molecule has 1 aromatic carbocycles. The molecule has 1 aliphatic rings. The van der Waals surface area contributed by atoms with Gasteiger partial charge in [0.05, 0.1) is 27.4 Å². The van der Waals surface area contributed by atoms with Crippen LogP contribution in [0.2, 0.25) is 0 Å². The Morgan fingerprint density at radius 3 is 2.44 bits per heavy atom. The van der Waals surface area contributed by atoms with Gasteiger partial charge in [-0.15, -0.1) is 0 Å². The van der Waals surface area contributed by atoms with E-state index in [1.807, 2.05) is 25.2 Å². The minimum atomic E-state index is 0.323. The lowest BCUT2D eigenvalue weighted by atomic mass is 10.2. The molecule has 1 saturated heterocycles. The Morgan fingerprint density at radius 1 is 1.08 bits per heavy atom. The van der Waals surface area contributed by atoms with E-state index in [4.69, 9.17) is 14.2 Å². The van der Waals surface area contributed by atoms with Crippen LogP contribution in [0.5, 0.6) is 17.4 Å². The zero-order valence-corrected chi connectivity index (χ0v) is 15.1. The normalized spacial score (nSPS) is 16.6. The van der Waals surface area contributed by atoms with Gasteiger partial charge in [-0.1, -0.05) is 0 Å². The third-order valence-electron chi connectivity index (χ3n) is 4.55. The highest BCUT2D eigenvalue weighted by atomic mass is 16.5. The molecule has 7 nitrogen and oxygen atoms in total. The van der Waals surface area contributed by atoms with Crippen molar-refractivity contribution in [3.8, 4) is 17.4 Å². The molecule has 3 rings (SSSR count). The number of aromatic nitrogens is 2. The maximum atomic E-state index is 5.38. The summed E-state index contributed by atoms with van der Waals surface area (Å²) in [6, 6.07) is 8.03. The minimum Gasteiger partial charge on any atom is -0.497 e. The molecule has 2 aromatic rings. The molecular formula is C18H24N4O3. The first-order valence-electron chi connectivity index (χ1n) is 8.22. The fourth-order valence-corrected chi connectivity index (χ4v) is 3.05. The Hall–Kier alpha value is -2.70. The van der Waals surface area contributed by atoms with Gasteiger partial charge < -0.3 is 24.0 Å². The Kier molecular flexibility index (Phi) is 5.11. The van der Waals surface area contributed by atoms with Crippen molar-refractivity contribution >= 4 is 11.6 Å². The standard InChI is InChI=1S/C18H24N4O3/c1-21(18-19-7-5-17(20-18)25-4)13-6-8-22(12-13)14-9-15(23-2)11-16(10-14)24-3/h5,7,9-11,13H,6,8,12H2,1-4H3. The van der Waals surface area contributed by atoms with Gasteiger partial charge in [-0.25, -0.2) is 4.98 Å². The van der Waals surface area contributed by atoms with Crippen LogP contribution in [0.1, 0.15) is 6.42 Å². The van der Waals surface area contributed by atoms with E-state index in [0.29, 0.717) is 17.9 Å².